The smallest absolute Gasteiger partial charge is 0.242 e. The summed E-state index contributed by atoms with van der Waals surface area (Å²) in [5, 5.41) is 7.39. The molecule has 2 aliphatic heterocycles. The summed E-state index contributed by atoms with van der Waals surface area (Å²) in [6.07, 6.45) is 2.16. The molecule has 0 bridgehead atoms. The summed E-state index contributed by atoms with van der Waals surface area (Å²) in [6, 6.07) is 12.0. The zero-order valence-corrected chi connectivity index (χ0v) is 23.1. The van der Waals surface area contributed by atoms with E-state index in [2.05, 4.69) is 28.8 Å². The molecule has 2 aromatic carbocycles. The molecular formula is C30H34ClFN6O2. The van der Waals surface area contributed by atoms with Gasteiger partial charge in [-0.15, -0.1) is 0 Å². The number of rotatable bonds is 11. The van der Waals surface area contributed by atoms with Crippen molar-refractivity contribution in [3.8, 4) is 0 Å². The number of hydrogen-bond acceptors (Lipinski definition) is 5. The summed E-state index contributed by atoms with van der Waals surface area (Å²) < 4.78 is 13.6. The summed E-state index contributed by atoms with van der Waals surface area (Å²) in [5.41, 5.74) is 10.1. The molecule has 0 saturated carbocycles. The maximum absolute atomic E-state index is 13.6. The van der Waals surface area contributed by atoms with Gasteiger partial charge < -0.3 is 31.2 Å². The molecule has 2 aliphatic rings. The molecule has 2 saturated heterocycles. The highest BCUT2D eigenvalue weighted by atomic mass is 35.5. The third-order valence-corrected chi connectivity index (χ3v) is 7.86. The average Bonchev–Trinajstić information content (AvgIpc) is 3.49. The van der Waals surface area contributed by atoms with Crippen molar-refractivity contribution in [3.63, 3.8) is 0 Å². The van der Waals surface area contributed by atoms with Crippen molar-refractivity contribution in [2.24, 2.45) is 11.7 Å². The van der Waals surface area contributed by atoms with Gasteiger partial charge in [0.15, 0.2) is 0 Å². The Bertz CT molecular complexity index is 1450. The molecule has 1 aromatic heterocycles. The van der Waals surface area contributed by atoms with Crippen LogP contribution >= 0.6 is 11.6 Å². The average molecular weight is 565 g/mol. The Labute approximate surface area is 238 Å². The lowest BCUT2D eigenvalue weighted by molar-refractivity contribution is -0.128. The maximum Gasteiger partial charge on any atom is 0.242 e. The van der Waals surface area contributed by atoms with Crippen LogP contribution in [0.5, 0.6) is 0 Å². The number of aromatic amines is 1. The van der Waals surface area contributed by atoms with E-state index in [0.29, 0.717) is 48.9 Å². The highest BCUT2D eigenvalue weighted by Gasteiger charge is 2.36. The predicted octanol–water partition coefficient (Wildman–Crippen LogP) is 4.13. The molecule has 5 rings (SSSR count). The van der Waals surface area contributed by atoms with Gasteiger partial charge in [-0.1, -0.05) is 24.8 Å². The number of fused-ring (bicyclic) bond motifs is 1. The second-order valence-corrected chi connectivity index (χ2v) is 10.8. The van der Waals surface area contributed by atoms with Crippen LogP contribution in [0, 0.1) is 11.7 Å². The van der Waals surface area contributed by atoms with E-state index in [1.165, 1.54) is 12.1 Å². The molecule has 5 N–H and O–H groups in total. The molecule has 3 aromatic rings. The van der Waals surface area contributed by atoms with Crippen LogP contribution in [0.15, 0.2) is 61.3 Å². The number of benzene rings is 2. The molecule has 0 aliphatic carbocycles. The molecule has 10 heteroatoms. The highest BCUT2D eigenvalue weighted by Crippen LogP contribution is 2.33. The van der Waals surface area contributed by atoms with E-state index >= 15 is 0 Å². The molecule has 8 nitrogen and oxygen atoms in total. The van der Waals surface area contributed by atoms with Gasteiger partial charge in [0, 0.05) is 53.5 Å². The quantitative estimate of drug-likeness (QED) is 0.262. The lowest BCUT2D eigenvalue weighted by Crippen LogP contribution is -2.55. The SMILES string of the molecule is C=C(NCc1cc(F)cc(Cl)c1)C1CCN(c2ccc3[nH]c(C(=C)N4CCC4C(=O)NCCCN)cc3c2)C1=O. The molecule has 2 unspecified atom stereocenters. The standard InChI is InChI=1S/C30H34ClFN6O2/c1-18(35-17-20-12-22(31)16-23(32)13-20)25-6-10-38(30(25)40)24-4-5-26-21(14-24)15-27(36-26)19(2)37-11-7-28(37)29(39)34-9-3-8-33/h4-5,12-16,25,28,35-36H,1-3,6-11,17,33H2,(H,34,39). The van der Waals surface area contributed by atoms with Crippen LogP contribution in [0.1, 0.15) is 30.5 Å². The normalized spacial score (nSPS) is 18.6. The van der Waals surface area contributed by atoms with Gasteiger partial charge in [-0.3, -0.25) is 9.59 Å². The minimum Gasteiger partial charge on any atom is -0.384 e. The summed E-state index contributed by atoms with van der Waals surface area (Å²) in [4.78, 5) is 33.0. The van der Waals surface area contributed by atoms with Gasteiger partial charge in [-0.05, 0) is 73.8 Å². The van der Waals surface area contributed by atoms with E-state index in [1.54, 1.807) is 11.0 Å². The first-order chi connectivity index (χ1) is 19.2. The number of halogens is 2. The first-order valence-corrected chi connectivity index (χ1v) is 13.9. The number of nitrogens with zero attached hydrogens (tertiary/aromatic N) is 2. The Balaban J connectivity index is 1.22. The Morgan fingerprint density at radius 3 is 2.67 bits per heavy atom. The molecule has 210 valence electrons. The van der Waals surface area contributed by atoms with Crippen LogP contribution in [-0.4, -0.2) is 53.9 Å². The Hall–Kier alpha value is -3.82. The third kappa shape index (κ3) is 5.71. The molecule has 0 spiro atoms. The second kappa shape index (κ2) is 11.7. The number of anilines is 1. The number of aromatic nitrogens is 1. The van der Waals surface area contributed by atoms with E-state index in [4.69, 9.17) is 17.3 Å². The topological polar surface area (TPSA) is 106 Å². The zero-order valence-electron chi connectivity index (χ0n) is 22.3. The van der Waals surface area contributed by atoms with Crippen LogP contribution in [-0.2, 0) is 16.1 Å². The Kier molecular flexibility index (Phi) is 8.14. The number of nitrogens with two attached hydrogens (primary N) is 1. The number of likely N-dealkylation sites (tertiary alicyclic amines) is 1. The molecule has 2 amide bonds. The van der Waals surface area contributed by atoms with Crippen LogP contribution in [0.3, 0.4) is 0 Å². The summed E-state index contributed by atoms with van der Waals surface area (Å²) >= 11 is 5.95. The van der Waals surface area contributed by atoms with Gasteiger partial charge in [0.05, 0.1) is 17.3 Å². The monoisotopic (exact) mass is 564 g/mol. The molecule has 2 atom stereocenters. The highest BCUT2D eigenvalue weighted by molar-refractivity contribution is 6.30. The molecule has 0 radical (unpaired) electrons. The number of carbonyl (C=O) groups is 2. The summed E-state index contributed by atoms with van der Waals surface area (Å²) in [5.74, 6) is -0.811. The number of hydrogen-bond donors (Lipinski definition) is 4. The van der Waals surface area contributed by atoms with Crippen LogP contribution in [0.25, 0.3) is 16.6 Å². The maximum atomic E-state index is 13.6. The van der Waals surface area contributed by atoms with Gasteiger partial charge in [0.25, 0.3) is 0 Å². The molecule has 3 heterocycles. The summed E-state index contributed by atoms with van der Waals surface area (Å²) in [6.45, 7) is 11.1. The zero-order chi connectivity index (χ0) is 28.4. The third-order valence-electron chi connectivity index (χ3n) is 7.64. The molecule has 2 fully saturated rings. The minimum atomic E-state index is -0.404. The van der Waals surface area contributed by atoms with Crippen molar-refractivity contribution in [1.82, 2.24) is 20.5 Å². The van der Waals surface area contributed by atoms with Gasteiger partial charge in [-0.2, -0.15) is 0 Å². The van der Waals surface area contributed by atoms with Gasteiger partial charge in [0.1, 0.15) is 11.9 Å². The lowest BCUT2D eigenvalue weighted by atomic mass is 10.0. The fraction of sp³-hybridized carbons (Fsp3) is 0.333. The van der Waals surface area contributed by atoms with Crippen molar-refractivity contribution in [1.29, 1.82) is 0 Å². The number of nitrogens with one attached hydrogen (secondary N) is 3. The largest absolute Gasteiger partial charge is 0.384 e. The summed E-state index contributed by atoms with van der Waals surface area (Å²) in [7, 11) is 0. The number of carbonyl (C=O) groups excluding carboxylic acids is 2. The van der Waals surface area contributed by atoms with Crippen LogP contribution in [0.2, 0.25) is 5.02 Å². The fourth-order valence-corrected chi connectivity index (χ4v) is 5.57. The Morgan fingerprint density at radius 2 is 1.95 bits per heavy atom. The first-order valence-electron chi connectivity index (χ1n) is 13.5. The van der Waals surface area contributed by atoms with Crippen molar-refractivity contribution >= 4 is 45.7 Å². The van der Waals surface area contributed by atoms with Gasteiger partial charge >= 0.3 is 0 Å². The fourth-order valence-electron chi connectivity index (χ4n) is 5.32. The first kappa shape index (κ1) is 27.7. The van der Waals surface area contributed by atoms with E-state index in [-0.39, 0.29) is 23.8 Å². The Morgan fingerprint density at radius 1 is 1.12 bits per heavy atom. The van der Waals surface area contributed by atoms with E-state index in [0.717, 1.165) is 47.4 Å². The number of amides is 2. The van der Waals surface area contributed by atoms with Crippen molar-refractivity contribution < 1.29 is 14.0 Å². The minimum absolute atomic E-state index is 0.00263. The van der Waals surface area contributed by atoms with Crippen molar-refractivity contribution in [2.75, 3.05) is 31.1 Å². The molecular weight excluding hydrogens is 531 g/mol. The van der Waals surface area contributed by atoms with Gasteiger partial charge in [0.2, 0.25) is 11.8 Å². The van der Waals surface area contributed by atoms with E-state index in [9.17, 15) is 14.0 Å². The van der Waals surface area contributed by atoms with Crippen LogP contribution < -0.4 is 21.3 Å². The van der Waals surface area contributed by atoms with Crippen molar-refractivity contribution in [3.05, 3.63) is 83.4 Å². The lowest BCUT2D eigenvalue weighted by Gasteiger charge is -2.42. The number of H-pyrrole nitrogens is 1. The van der Waals surface area contributed by atoms with Crippen molar-refractivity contribution in [2.45, 2.75) is 31.8 Å². The van der Waals surface area contributed by atoms with E-state index in [1.807, 2.05) is 29.2 Å². The van der Waals surface area contributed by atoms with E-state index < -0.39 is 5.82 Å². The second-order valence-electron chi connectivity index (χ2n) is 10.3. The van der Waals surface area contributed by atoms with Crippen LogP contribution in [0.4, 0.5) is 10.1 Å². The van der Waals surface area contributed by atoms with Gasteiger partial charge in [-0.25, -0.2) is 4.39 Å². The predicted molar refractivity (Wildman–Crippen MR) is 157 cm³/mol. The molecule has 40 heavy (non-hydrogen) atoms.